The summed E-state index contributed by atoms with van der Waals surface area (Å²) in [5, 5.41) is 39.3. The summed E-state index contributed by atoms with van der Waals surface area (Å²) in [7, 11) is 3.20. The topological polar surface area (TPSA) is 214 Å². The molecular formula is C21H21F5IN13. The first kappa shape index (κ1) is 28.4. The van der Waals surface area contributed by atoms with Gasteiger partial charge in [0.05, 0.1) is 24.0 Å². The number of hydrogen-bond donors (Lipinski definition) is 3. The van der Waals surface area contributed by atoms with Crippen molar-refractivity contribution >= 4 is 45.3 Å². The molecule has 0 unspecified atom stereocenters. The molecule has 0 aliphatic heterocycles. The van der Waals surface area contributed by atoms with Crippen LogP contribution < -0.4 is 11.5 Å². The number of aryl methyl sites for hydroxylation is 3. The zero-order chi connectivity index (χ0) is 33.2. The van der Waals surface area contributed by atoms with Crippen LogP contribution in [0.2, 0.25) is 0 Å². The first-order valence-electron chi connectivity index (χ1n) is 11.8. The number of nitrogens with zero attached hydrogens (tertiary/aromatic N) is 10. The van der Waals surface area contributed by atoms with E-state index in [-0.39, 0.29) is 17.2 Å². The van der Waals surface area contributed by atoms with Crippen molar-refractivity contribution < 1.29 is 26.1 Å². The number of nitrogens with two attached hydrogens (primary N) is 2. The zero-order valence-electron chi connectivity index (χ0n) is 23.5. The number of nitrogen functional groups attached to an aromatic ring is 2. The third-order valence-corrected chi connectivity index (χ3v) is 4.72. The summed E-state index contributed by atoms with van der Waals surface area (Å²) in [6, 6.07) is 5.50. The van der Waals surface area contributed by atoms with Gasteiger partial charge in [0, 0.05) is 31.0 Å². The molecule has 4 heterocycles. The summed E-state index contributed by atoms with van der Waals surface area (Å²) in [5.41, 5.74) is 11.5. The normalized spacial score (nSPS) is 11.9. The number of nitrogens with one attached hydrogen (secondary N) is 1. The fraction of sp³-hybridized carbons (Fsp3) is 0.333. The minimum absolute atomic E-state index is 0.113. The van der Waals surface area contributed by atoms with Gasteiger partial charge in [-0.3, -0.25) is 14.5 Å². The highest BCUT2D eigenvalue weighted by molar-refractivity contribution is 14.1. The number of hydrogen-bond acceptors (Lipinski definition) is 10. The van der Waals surface area contributed by atoms with E-state index < -0.39 is 29.8 Å². The van der Waals surface area contributed by atoms with Gasteiger partial charge in [-0.1, -0.05) is 22.6 Å². The monoisotopic (exact) mass is 680 g/mol. The summed E-state index contributed by atoms with van der Waals surface area (Å²) >= 11 is 1.38. The maximum atomic E-state index is 12.9. The minimum atomic E-state index is -5.62. The molecule has 0 atom stereocenters. The van der Waals surface area contributed by atoms with Gasteiger partial charge in [0.15, 0.2) is 11.3 Å². The highest BCUT2D eigenvalue weighted by Crippen LogP contribution is 2.38. The third-order valence-electron chi connectivity index (χ3n) is 4.72. The molecular weight excluding hydrogens is 656 g/mol. The Labute approximate surface area is 241 Å². The molecule has 5 N–H and O–H groups in total. The zero-order valence-corrected chi connectivity index (χ0v) is 22.7. The van der Waals surface area contributed by atoms with Gasteiger partial charge in [0.25, 0.3) is 0 Å². The van der Waals surface area contributed by atoms with Crippen molar-refractivity contribution in [2.24, 2.45) is 14.1 Å². The molecule has 0 aromatic carbocycles. The average molecular weight is 680 g/mol. The van der Waals surface area contributed by atoms with E-state index in [1.165, 1.54) is 57.6 Å². The lowest BCUT2D eigenvalue weighted by Crippen LogP contribution is -2.36. The summed E-state index contributed by atoms with van der Waals surface area (Å²) in [6.07, 6.45) is -3.67. The quantitative estimate of drug-likeness (QED) is 0.163. The number of halogens is 6. The molecule has 19 heteroatoms. The van der Waals surface area contributed by atoms with E-state index in [2.05, 4.69) is 30.4 Å². The first-order chi connectivity index (χ1) is 19.7. The maximum Gasteiger partial charge on any atom is 0.453 e. The number of anilines is 2. The Morgan fingerprint density at radius 3 is 1.98 bits per heavy atom. The van der Waals surface area contributed by atoms with E-state index in [1.54, 1.807) is 13.1 Å². The second-order valence-electron chi connectivity index (χ2n) is 7.30. The van der Waals surface area contributed by atoms with Crippen molar-refractivity contribution in [3.63, 3.8) is 0 Å². The smallest absolute Gasteiger partial charge is 0.383 e. The average Bonchev–Trinajstić information content (AvgIpc) is 3.60. The molecule has 0 radical (unpaired) electrons. The Morgan fingerprint density at radius 1 is 0.975 bits per heavy atom. The third kappa shape index (κ3) is 8.46. The van der Waals surface area contributed by atoms with Crippen molar-refractivity contribution in [1.29, 1.82) is 15.8 Å². The molecule has 40 heavy (non-hydrogen) atoms. The van der Waals surface area contributed by atoms with Gasteiger partial charge in [0.2, 0.25) is 0 Å². The van der Waals surface area contributed by atoms with E-state index in [0.717, 1.165) is 0 Å². The van der Waals surface area contributed by atoms with Crippen molar-refractivity contribution in [3.8, 4) is 18.2 Å². The van der Waals surface area contributed by atoms with Crippen molar-refractivity contribution in [3.05, 3.63) is 41.2 Å². The van der Waals surface area contributed by atoms with Crippen LogP contribution in [0.15, 0.2) is 18.6 Å². The Hall–Kier alpha value is -4.58. The second kappa shape index (κ2) is 14.5. The Kier molecular flexibility index (Phi) is 10.3. The molecule has 4 rings (SSSR count). The summed E-state index contributed by atoms with van der Waals surface area (Å²) in [6.45, 7) is 0. The van der Waals surface area contributed by atoms with Crippen molar-refractivity contribution in [1.82, 2.24) is 39.7 Å². The Morgan fingerprint density at radius 2 is 1.57 bits per heavy atom. The minimum Gasteiger partial charge on any atom is -0.383 e. The van der Waals surface area contributed by atoms with E-state index in [9.17, 15) is 22.0 Å². The standard InChI is InChI=1S/C11H8F5N5.C5H6N4.C4H4N4.CH3I/c1-21-9-6(5-18-21)7(4-17)19-8(20-9)2-3-10(12,13)11(14,15)16;1-9-5(7)4(2-6)3-8-9;5-1-3-2-7-8-4(3)6;1-2/h5H,2-3H2,1H3;3H,7H2,1H3;2H,(H3,6,7,8);1H3/i;;;1D3. The lowest BCUT2D eigenvalue weighted by molar-refractivity contribution is -0.284. The van der Waals surface area contributed by atoms with Crippen LogP contribution in [-0.4, -0.2) is 56.7 Å². The van der Waals surface area contributed by atoms with Crippen LogP contribution in [0.1, 0.15) is 33.2 Å². The van der Waals surface area contributed by atoms with Crippen LogP contribution in [0.5, 0.6) is 0 Å². The molecule has 0 saturated heterocycles. The largest absolute Gasteiger partial charge is 0.453 e. The fourth-order valence-electron chi connectivity index (χ4n) is 2.59. The van der Waals surface area contributed by atoms with Gasteiger partial charge in [-0.05, 0) is 4.86 Å². The van der Waals surface area contributed by atoms with Gasteiger partial charge in [-0.25, -0.2) is 9.97 Å². The lowest BCUT2D eigenvalue weighted by atomic mass is 10.1. The van der Waals surface area contributed by atoms with E-state index in [0.29, 0.717) is 28.1 Å². The van der Waals surface area contributed by atoms with Crippen LogP contribution in [0.4, 0.5) is 33.6 Å². The van der Waals surface area contributed by atoms with Crippen LogP contribution in [0.3, 0.4) is 0 Å². The highest BCUT2D eigenvalue weighted by Gasteiger charge is 2.56. The molecule has 13 nitrogen and oxygen atoms in total. The van der Waals surface area contributed by atoms with E-state index in [4.69, 9.17) is 31.4 Å². The van der Waals surface area contributed by atoms with Gasteiger partial charge in [0.1, 0.15) is 46.8 Å². The Balaban J connectivity index is 0.000000344. The molecule has 0 saturated carbocycles. The van der Waals surface area contributed by atoms with Gasteiger partial charge >= 0.3 is 12.1 Å². The predicted molar refractivity (Wildman–Crippen MR) is 140 cm³/mol. The van der Waals surface area contributed by atoms with E-state index in [1.807, 2.05) is 12.1 Å². The summed E-state index contributed by atoms with van der Waals surface area (Å²) in [5.74, 6) is -4.35. The molecule has 0 bridgehead atoms. The highest BCUT2D eigenvalue weighted by atomic mass is 127. The molecule has 212 valence electrons. The van der Waals surface area contributed by atoms with Crippen molar-refractivity contribution in [2.75, 3.05) is 16.3 Å². The number of alkyl halides is 6. The van der Waals surface area contributed by atoms with Crippen LogP contribution in [-0.2, 0) is 20.5 Å². The number of rotatable bonds is 3. The van der Waals surface area contributed by atoms with Crippen LogP contribution in [0, 0.1) is 34.0 Å². The SMILES string of the molecule is Cn1ncc(C#N)c1N.Cn1ncc2c(C#N)nc(CCC(F)(F)C(F)(F)F)nc21.N#Cc1cn[nH]c1N.[2H]C([2H])([2H])I. The second-order valence-corrected chi connectivity index (χ2v) is 7.30. The molecule has 4 aromatic rings. The molecule has 4 aromatic heterocycles. The molecule has 0 aliphatic rings. The number of H-pyrrole nitrogens is 1. The Bertz CT molecular complexity index is 1630. The van der Waals surface area contributed by atoms with Gasteiger partial charge < -0.3 is 11.5 Å². The lowest BCUT2D eigenvalue weighted by Gasteiger charge is -2.18. The van der Waals surface area contributed by atoms with Gasteiger partial charge in [-0.2, -0.15) is 53.0 Å². The first-order valence-corrected chi connectivity index (χ1v) is 11.4. The maximum absolute atomic E-state index is 12.9. The molecule has 0 spiro atoms. The molecule has 0 amide bonds. The predicted octanol–water partition coefficient (Wildman–Crippen LogP) is 3.15. The summed E-state index contributed by atoms with van der Waals surface area (Å²) in [4.78, 5) is 5.78. The number of fused-ring (bicyclic) bond motifs is 1. The van der Waals surface area contributed by atoms with Crippen LogP contribution >= 0.6 is 22.6 Å². The number of nitriles is 3. The van der Waals surface area contributed by atoms with Gasteiger partial charge in [-0.15, -0.1) is 0 Å². The summed E-state index contributed by atoms with van der Waals surface area (Å²) < 4.78 is 83.5. The van der Waals surface area contributed by atoms with Crippen molar-refractivity contribution in [2.45, 2.75) is 24.9 Å². The number of aromatic nitrogens is 8. The van der Waals surface area contributed by atoms with Crippen LogP contribution in [0.25, 0.3) is 11.0 Å². The molecule has 0 fully saturated rings. The molecule has 0 aliphatic carbocycles. The van der Waals surface area contributed by atoms with E-state index >= 15 is 0 Å². The number of aromatic amines is 1. The fourth-order valence-corrected chi connectivity index (χ4v) is 2.59.